The van der Waals surface area contributed by atoms with Crippen molar-refractivity contribution in [2.45, 2.75) is 65.0 Å². The first-order chi connectivity index (χ1) is 10.9. The fourth-order valence-corrected chi connectivity index (χ4v) is 3.87. The molecule has 5 nitrogen and oxygen atoms in total. The molecule has 6 heteroatoms. The minimum atomic E-state index is -0.180. The molecule has 0 unspecified atom stereocenters. The molecule has 0 radical (unpaired) electrons. The third-order valence-corrected chi connectivity index (χ3v) is 5.32. The molecule has 2 fully saturated rings. The van der Waals surface area contributed by atoms with Gasteiger partial charge in [0, 0.05) is 20.1 Å². The van der Waals surface area contributed by atoms with Gasteiger partial charge in [0.05, 0.1) is 12.1 Å². The molecule has 0 saturated carbocycles. The summed E-state index contributed by atoms with van der Waals surface area (Å²) in [6, 6.07) is -0.287. The van der Waals surface area contributed by atoms with Crippen molar-refractivity contribution in [3.63, 3.8) is 0 Å². The Kier molecular flexibility index (Phi) is 8.51. The van der Waals surface area contributed by atoms with Crippen LogP contribution >= 0.6 is 12.4 Å². The number of rotatable bonds is 5. The highest BCUT2D eigenvalue weighted by Gasteiger charge is 2.40. The maximum atomic E-state index is 13.0. The molecule has 0 aliphatic carbocycles. The lowest BCUT2D eigenvalue weighted by atomic mass is 9.97. The lowest BCUT2D eigenvalue weighted by molar-refractivity contribution is -0.140. The molecule has 2 saturated heterocycles. The standard InChI is InChI=1S/C18H33N3O2.ClH/c1-13(2)12-16(17(22)19-4)21-9-5-6-15(21)18(23)20-10-7-14(3)8-11-20;/h13-16H,5-12H2,1-4H3,(H,19,22);1H/t15-,16+;/m0./s1. The van der Waals surface area contributed by atoms with Crippen molar-refractivity contribution < 1.29 is 9.59 Å². The molecule has 0 spiro atoms. The SMILES string of the molecule is CNC(=O)[C@@H](CC(C)C)N1CCC[C@H]1C(=O)N1CCC(C)CC1.Cl. The predicted octanol–water partition coefficient (Wildman–Crippen LogP) is 2.29. The summed E-state index contributed by atoms with van der Waals surface area (Å²) in [6.45, 7) is 9.13. The van der Waals surface area contributed by atoms with Crippen molar-refractivity contribution in [2.75, 3.05) is 26.7 Å². The van der Waals surface area contributed by atoms with Crippen LogP contribution in [0.15, 0.2) is 0 Å². The summed E-state index contributed by atoms with van der Waals surface area (Å²) in [5.74, 6) is 1.44. The Morgan fingerprint density at radius 1 is 1.12 bits per heavy atom. The van der Waals surface area contributed by atoms with E-state index in [2.05, 4.69) is 31.0 Å². The van der Waals surface area contributed by atoms with Crippen LogP contribution in [0.2, 0.25) is 0 Å². The summed E-state index contributed by atoms with van der Waals surface area (Å²) in [5, 5.41) is 2.79. The van der Waals surface area contributed by atoms with E-state index in [-0.39, 0.29) is 36.3 Å². The summed E-state index contributed by atoms with van der Waals surface area (Å²) in [6.07, 6.45) is 4.90. The van der Waals surface area contributed by atoms with Gasteiger partial charge in [-0.05, 0) is 50.5 Å². The quantitative estimate of drug-likeness (QED) is 0.819. The Labute approximate surface area is 152 Å². The Morgan fingerprint density at radius 3 is 2.29 bits per heavy atom. The molecular weight excluding hydrogens is 326 g/mol. The first kappa shape index (κ1) is 21.2. The molecule has 2 aliphatic rings. The van der Waals surface area contributed by atoms with E-state index < -0.39 is 0 Å². The van der Waals surface area contributed by atoms with Crippen LogP contribution in [-0.4, -0.2) is 60.4 Å². The van der Waals surface area contributed by atoms with Crippen LogP contribution in [0.4, 0.5) is 0 Å². The van der Waals surface area contributed by atoms with Crippen LogP contribution < -0.4 is 5.32 Å². The van der Waals surface area contributed by atoms with Crippen LogP contribution in [0, 0.1) is 11.8 Å². The molecule has 2 atom stereocenters. The second-order valence-electron chi connectivity index (χ2n) is 7.66. The van der Waals surface area contributed by atoms with Gasteiger partial charge in [-0.15, -0.1) is 12.4 Å². The van der Waals surface area contributed by atoms with Gasteiger partial charge in [-0.2, -0.15) is 0 Å². The summed E-state index contributed by atoms with van der Waals surface area (Å²) in [5.41, 5.74) is 0. The second kappa shape index (κ2) is 9.62. The molecule has 1 N–H and O–H groups in total. The number of piperidine rings is 1. The van der Waals surface area contributed by atoms with E-state index in [1.54, 1.807) is 7.05 Å². The van der Waals surface area contributed by atoms with Crippen LogP contribution in [0.25, 0.3) is 0 Å². The summed E-state index contributed by atoms with van der Waals surface area (Å²) in [4.78, 5) is 29.5. The molecule has 140 valence electrons. The van der Waals surface area contributed by atoms with Gasteiger partial charge in [0.1, 0.15) is 0 Å². The van der Waals surface area contributed by atoms with Gasteiger partial charge in [0.2, 0.25) is 11.8 Å². The van der Waals surface area contributed by atoms with Gasteiger partial charge < -0.3 is 10.2 Å². The van der Waals surface area contributed by atoms with Crippen LogP contribution in [0.3, 0.4) is 0 Å². The third kappa shape index (κ3) is 5.09. The zero-order chi connectivity index (χ0) is 17.0. The number of carbonyl (C=O) groups is 2. The maximum Gasteiger partial charge on any atom is 0.239 e. The summed E-state index contributed by atoms with van der Waals surface area (Å²) in [7, 11) is 1.69. The fourth-order valence-electron chi connectivity index (χ4n) is 3.87. The maximum absolute atomic E-state index is 13.0. The van der Waals surface area contributed by atoms with Gasteiger partial charge in [-0.3, -0.25) is 14.5 Å². The molecule has 2 aliphatic heterocycles. The molecule has 24 heavy (non-hydrogen) atoms. The minimum Gasteiger partial charge on any atom is -0.358 e. The number of likely N-dealkylation sites (tertiary alicyclic amines) is 2. The van der Waals surface area contributed by atoms with E-state index in [4.69, 9.17) is 0 Å². The van der Waals surface area contributed by atoms with E-state index >= 15 is 0 Å². The van der Waals surface area contributed by atoms with E-state index in [1.807, 2.05) is 4.90 Å². The van der Waals surface area contributed by atoms with E-state index in [9.17, 15) is 9.59 Å². The highest BCUT2D eigenvalue weighted by atomic mass is 35.5. The van der Waals surface area contributed by atoms with Crippen molar-refractivity contribution in [1.82, 2.24) is 15.1 Å². The lowest BCUT2D eigenvalue weighted by Gasteiger charge is -2.37. The Hall–Kier alpha value is -0.810. The molecule has 0 bridgehead atoms. The van der Waals surface area contributed by atoms with Gasteiger partial charge >= 0.3 is 0 Å². The van der Waals surface area contributed by atoms with Crippen molar-refractivity contribution in [2.24, 2.45) is 11.8 Å². The number of nitrogens with zero attached hydrogens (tertiary/aromatic N) is 2. The number of amides is 2. The molecule has 0 aromatic heterocycles. The molecule has 2 heterocycles. The highest BCUT2D eigenvalue weighted by Crippen LogP contribution is 2.27. The van der Waals surface area contributed by atoms with Crippen molar-refractivity contribution in [3.8, 4) is 0 Å². The molecule has 0 aromatic rings. The number of hydrogen-bond acceptors (Lipinski definition) is 3. The topological polar surface area (TPSA) is 52.7 Å². The monoisotopic (exact) mass is 359 g/mol. The number of hydrogen-bond donors (Lipinski definition) is 1. The predicted molar refractivity (Wildman–Crippen MR) is 99.3 cm³/mol. The normalized spacial score (nSPS) is 23.9. The number of likely N-dealkylation sites (N-methyl/N-ethyl adjacent to an activating group) is 1. The van der Waals surface area contributed by atoms with Crippen molar-refractivity contribution in [1.29, 1.82) is 0 Å². The molecule has 2 amide bonds. The zero-order valence-corrected chi connectivity index (χ0v) is 16.4. The smallest absolute Gasteiger partial charge is 0.239 e. The summed E-state index contributed by atoms with van der Waals surface area (Å²) >= 11 is 0. The van der Waals surface area contributed by atoms with Gasteiger partial charge in [-0.25, -0.2) is 0 Å². The van der Waals surface area contributed by atoms with E-state index in [1.165, 1.54) is 0 Å². The van der Waals surface area contributed by atoms with Gasteiger partial charge in [0.15, 0.2) is 0 Å². The van der Waals surface area contributed by atoms with Crippen LogP contribution in [0.5, 0.6) is 0 Å². The molecule has 2 rings (SSSR count). The zero-order valence-electron chi connectivity index (χ0n) is 15.6. The van der Waals surface area contributed by atoms with E-state index in [0.717, 1.165) is 57.7 Å². The van der Waals surface area contributed by atoms with Crippen LogP contribution in [0.1, 0.15) is 52.9 Å². The Balaban J connectivity index is 0.00000288. The summed E-state index contributed by atoms with van der Waals surface area (Å²) < 4.78 is 0. The van der Waals surface area contributed by atoms with Gasteiger partial charge in [-0.1, -0.05) is 20.8 Å². The third-order valence-electron chi connectivity index (χ3n) is 5.32. The molecular formula is C18H34ClN3O2. The first-order valence-corrected chi connectivity index (χ1v) is 9.20. The minimum absolute atomic E-state index is 0. The number of halogens is 1. The average molecular weight is 360 g/mol. The van der Waals surface area contributed by atoms with E-state index in [0.29, 0.717) is 5.92 Å². The average Bonchev–Trinajstić information content (AvgIpc) is 3.01. The fraction of sp³-hybridized carbons (Fsp3) is 0.889. The largest absolute Gasteiger partial charge is 0.358 e. The number of carbonyl (C=O) groups excluding carboxylic acids is 2. The van der Waals surface area contributed by atoms with Crippen LogP contribution in [-0.2, 0) is 9.59 Å². The van der Waals surface area contributed by atoms with Crippen molar-refractivity contribution >= 4 is 24.2 Å². The lowest BCUT2D eigenvalue weighted by Crippen LogP contribution is -2.54. The Bertz CT molecular complexity index is 422. The Morgan fingerprint density at radius 2 is 1.75 bits per heavy atom. The first-order valence-electron chi connectivity index (χ1n) is 9.20. The number of nitrogens with one attached hydrogen (secondary N) is 1. The van der Waals surface area contributed by atoms with Crippen molar-refractivity contribution in [3.05, 3.63) is 0 Å². The highest BCUT2D eigenvalue weighted by molar-refractivity contribution is 5.86. The van der Waals surface area contributed by atoms with Gasteiger partial charge in [0.25, 0.3) is 0 Å². The molecule has 0 aromatic carbocycles. The second-order valence-corrected chi connectivity index (χ2v) is 7.66.